The van der Waals surface area contributed by atoms with Crippen molar-refractivity contribution < 1.29 is 9.59 Å². The third-order valence-corrected chi connectivity index (χ3v) is 6.14. The number of aryl methyl sites for hydroxylation is 1. The van der Waals surface area contributed by atoms with Crippen LogP contribution in [0.2, 0.25) is 0 Å². The van der Waals surface area contributed by atoms with Gasteiger partial charge in [0.2, 0.25) is 0 Å². The van der Waals surface area contributed by atoms with Crippen LogP contribution in [0, 0.1) is 6.92 Å². The molecule has 0 aliphatic carbocycles. The van der Waals surface area contributed by atoms with Crippen LogP contribution in [-0.2, 0) is 0 Å². The monoisotopic (exact) mass is 405 g/mol. The van der Waals surface area contributed by atoms with Gasteiger partial charge in [0.15, 0.2) is 5.78 Å². The summed E-state index contributed by atoms with van der Waals surface area (Å²) in [7, 11) is 0. The van der Waals surface area contributed by atoms with Crippen molar-refractivity contribution in [3.63, 3.8) is 0 Å². The third-order valence-electron chi connectivity index (χ3n) is 5.18. The van der Waals surface area contributed by atoms with E-state index in [1.54, 1.807) is 6.92 Å². The number of nitrogens with zero attached hydrogens (tertiary/aromatic N) is 3. The Morgan fingerprint density at radius 2 is 1.59 bits per heavy atom. The number of amides is 1. The highest BCUT2D eigenvalue weighted by molar-refractivity contribution is 7.14. The Kier molecular flexibility index (Phi) is 5.45. The molecule has 148 valence electrons. The zero-order chi connectivity index (χ0) is 20.4. The van der Waals surface area contributed by atoms with E-state index in [9.17, 15) is 9.59 Å². The van der Waals surface area contributed by atoms with E-state index in [-0.39, 0.29) is 11.7 Å². The molecule has 1 aliphatic heterocycles. The Bertz CT molecular complexity index is 1020. The number of thiazole rings is 1. The van der Waals surface area contributed by atoms with Gasteiger partial charge in [0.1, 0.15) is 4.88 Å². The molecule has 1 amide bonds. The molecule has 5 nitrogen and oxygen atoms in total. The van der Waals surface area contributed by atoms with Gasteiger partial charge in [0, 0.05) is 43.0 Å². The largest absolute Gasteiger partial charge is 0.368 e. The molecular weight excluding hydrogens is 382 g/mol. The first-order valence-electron chi connectivity index (χ1n) is 9.71. The maximum Gasteiger partial charge on any atom is 0.266 e. The Morgan fingerprint density at radius 1 is 0.931 bits per heavy atom. The summed E-state index contributed by atoms with van der Waals surface area (Å²) in [6.07, 6.45) is 0. The van der Waals surface area contributed by atoms with E-state index in [0.717, 1.165) is 40.6 Å². The summed E-state index contributed by atoms with van der Waals surface area (Å²) in [4.78, 5) is 34.2. The molecule has 1 saturated heterocycles. The number of hydrogen-bond donors (Lipinski definition) is 0. The summed E-state index contributed by atoms with van der Waals surface area (Å²) in [5, 5.41) is 0.899. The van der Waals surface area contributed by atoms with E-state index >= 15 is 0 Å². The average molecular weight is 406 g/mol. The second kappa shape index (κ2) is 8.17. The van der Waals surface area contributed by atoms with Gasteiger partial charge in [-0.2, -0.15) is 0 Å². The maximum absolute atomic E-state index is 13.2. The second-order valence-corrected chi connectivity index (χ2v) is 8.36. The zero-order valence-electron chi connectivity index (χ0n) is 16.6. The molecule has 1 aliphatic rings. The smallest absolute Gasteiger partial charge is 0.266 e. The average Bonchev–Trinajstić information content (AvgIpc) is 3.16. The molecule has 0 spiro atoms. The minimum absolute atomic E-state index is 0.0565. The SMILES string of the molecule is CC(=O)c1ccc(N2CCN(C(=O)c3sc(C)nc3-c3ccccc3)CC2)cc1. The first-order chi connectivity index (χ1) is 14.0. The molecule has 0 bridgehead atoms. The molecule has 29 heavy (non-hydrogen) atoms. The molecule has 0 saturated carbocycles. The van der Waals surface area contributed by atoms with E-state index in [2.05, 4.69) is 9.88 Å². The van der Waals surface area contributed by atoms with Crippen LogP contribution >= 0.6 is 11.3 Å². The molecule has 0 unspecified atom stereocenters. The summed E-state index contributed by atoms with van der Waals surface area (Å²) in [6.45, 7) is 6.38. The fraction of sp³-hybridized carbons (Fsp3) is 0.261. The van der Waals surface area contributed by atoms with Crippen LogP contribution in [-0.4, -0.2) is 47.8 Å². The number of carbonyl (C=O) groups is 2. The predicted octanol–water partition coefficient (Wildman–Crippen LogP) is 4.28. The summed E-state index contributed by atoms with van der Waals surface area (Å²) in [6, 6.07) is 17.6. The lowest BCUT2D eigenvalue weighted by molar-refractivity contribution is 0.0752. The summed E-state index contributed by atoms with van der Waals surface area (Å²) in [5.74, 6) is 0.127. The van der Waals surface area contributed by atoms with Crippen molar-refractivity contribution in [3.05, 3.63) is 70.0 Å². The lowest BCUT2D eigenvalue weighted by Crippen LogP contribution is -2.48. The Labute approximate surface area is 174 Å². The van der Waals surface area contributed by atoms with Gasteiger partial charge in [-0.3, -0.25) is 9.59 Å². The number of hydrogen-bond acceptors (Lipinski definition) is 5. The Balaban J connectivity index is 1.47. The normalized spacial score (nSPS) is 14.1. The van der Waals surface area contributed by atoms with Crippen LogP contribution in [0.25, 0.3) is 11.3 Å². The van der Waals surface area contributed by atoms with Crippen molar-refractivity contribution in [1.29, 1.82) is 0 Å². The minimum atomic E-state index is 0.0565. The molecule has 1 fully saturated rings. The summed E-state index contributed by atoms with van der Waals surface area (Å²) >= 11 is 1.46. The van der Waals surface area contributed by atoms with E-state index in [1.807, 2.05) is 66.4 Å². The van der Waals surface area contributed by atoms with Crippen LogP contribution < -0.4 is 4.90 Å². The fourth-order valence-corrected chi connectivity index (χ4v) is 4.49. The number of ketones is 1. The van der Waals surface area contributed by atoms with Crippen molar-refractivity contribution in [2.45, 2.75) is 13.8 Å². The second-order valence-electron chi connectivity index (χ2n) is 7.16. The molecule has 2 heterocycles. The standard InChI is InChI=1S/C23H23N3O2S/c1-16(27)18-8-10-20(11-9-18)25-12-14-26(15-13-25)23(28)22-21(24-17(2)29-22)19-6-4-3-5-7-19/h3-11H,12-15H2,1-2H3. The highest BCUT2D eigenvalue weighted by Crippen LogP contribution is 2.29. The number of benzene rings is 2. The maximum atomic E-state index is 13.2. The van der Waals surface area contributed by atoms with Crippen molar-refractivity contribution in [3.8, 4) is 11.3 Å². The van der Waals surface area contributed by atoms with E-state index in [0.29, 0.717) is 18.0 Å². The number of carbonyl (C=O) groups excluding carboxylic acids is 2. The van der Waals surface area contributed by atoms with Gasteiger partial charge >= 0.3 is 0 Å². The van der Waals surface area contributed by atoms with Crippen molar-refractivity contribution in [2.24, 2.45) is 0 Å². The molecule has 0 radical (unpaired) electrons. The Hall–Kier alpha value is -2.99. The first-order valence-corrected chi connectivity index (χ1v) is 10.5. The Morgan fingerprint density at radius 3 is 2.21 bits per heavy atom. The molecule has 4 rings (SSSR count). The fourth-order valence-electron chi connectivity index (χ4n) is 3.58. The molecule has 6 heteroatoms. The number of Topliss-reactive ketones (excluding diaryl/α,β-unsaturated/α-hetero) is 1. The van der Waals surface area contributed by atoms with Gasteiger partial charge in [0.25, 0.3) is 5.91 Å². The molecule has 1 aromatic heterocycles. The lowest BCUT2D eigenvalue weighted by Gasteiger charge is -2.36. The first kappa shape index (κ1) is 19.3. The number of aromatic nitrogens is 1. The predicted molar refractivity (Wildman–Crippen MR) is 117 cm³/mol. The number of rotatable bonds is 4. The van der Waals surface area contributed by atoms with Crippen molar-refractivity contribution >= 4 is 28.7 Å². The van der Waals surface area contributed by atoms with E-state index in [1.165, 1.54) is 11.3 Å². The van der Waals surface area contributed by atoms with Crippen LogP contribution in [0.5, 0.6) is 0 Å². The van der Waals surface area contributed by atoms with Gasteiger partial charge in [-0.25, -0.2) is 4.98 Å². The number of anilines is 1. The minimum Gasteiger partial charge on any atom is -0.368 e. The molecule has 2 aromatic carbocycles. The zero-order valence-corrected chi connectivity index (χ0v) is 17.4. The molecule has 0 atom stereocenters. The van der Waals surface area contributed by atoms with Crippen LogP contribution in [0.4, 0.5) is 5.69 Å². The van der Waals surface area contributed by atoms with E-state index < -0.39 is 0 Å². The van der Waals surface area contributed by atoms with Crippen LogP contribution in [0.15, 0.2) is 54.6 Å². The third kappa shape index (κ3) is 4.07. The molecule has 0 N–H and O–H groups in total. The van der Waals surface area contributed by atoms with Crippen molar-refractivity contribution in [1.82, 2.24) is 9.88 Å². The quantitative estimate of drug-likeness (QED) is 0.608. The topological polar surface area (TPSA) is 53.5 Å². The summed E-state index contributed by atoms with van der Waals surface area (Å²) < 4.78 is 0. The molecular formula is C23H23N3O2S. The highest BCUT2D eigenvalue weighted by atomic mass is 32.1. The van der Waals surface area contributed by atoms with Crippen LogP contribution in [0.1, 0.15) is 32.0 Å². The van der Waals surface area contributed by atoms with Gasteiger partial charge in [-0.05, 0) is 38.1 Å². The van der Waals surface area contributed by atoms with Crippen molar-refractivity contribution in [2.75, 3.05) is 31.1 Å². The van der Waals surface area contributed by atoms with E-state index in [4.69, 9.17) is 0 Å². The molecule has 3 aromatic rings. The highest BCUT2D eigenvalue weighted by Gasteiger charge is 2.26. The van der Waals surface area contributed by atoms with Crippen LogP contribution in [0.3, 0.4) is 0 Å². The van der Waals surface area contributed by atoms with Gasteiger partial charge in [0.05, 0.1) is 10.7 Å². The lowest BCUT2D eigenvalue weighted by atomic mass is 10.1. The number of piperazine rings is 1. The van der Waals surface area contributed by atoms with Gasteiger partial charge in [-0.1, -0.05) is 30.3 Å². The summed E-state index contributed by atoms with van der Waals surface area (Å²) in [5.41, 5.74) is 3.56. The van der Waals surface area contributed by atoms with Gasteiger partial charge in [-0.15, -0.1) is 11.3 Å². The van der Waals surface area contributed by atoms with Gasteiger partial charge < -0.3 is 9.80 Å².